The average molecular weight is 397 g/mol. The molecule has 29 heavy (non-hydrogen) atoms. The lowest BCUT2D eigenvalue weighted by Crippen LogP contribution is -2.49. The predicted octanol–water partition coefficient (Wildman–Crippen LogP) is 1.50. The van der Waals surface area contributed by atoms with E-state index in [4.69, 9.17) is 10.5 Å². The number of rotatable bonds is 3. The molecule has 2 aromatic rings. The van der Waals surface area contributed by atoms with Crippen LogP contribution in [0.5, 0.6) is 0 Å². The third-order valence-corrected chi connectivity index (χ3v) is 5.79. The van der Waals surface area contributed by atoms with Crippen molar-refractivity contribution in [1.82, 2.24) is 14.7 Å². The van der Waals surface area contributed by atoms with Crippen LogP contribution < -0.4 is 10.6 Å². The average Bonchev–Trinajstić information content (AvgIpc) is 3.04. The van der Waals surface area contributed by atoms with Crippen molar-refractivity contribution in [1.29, 1.82) is 0 Å². The largest absolute Gasteiger partial charge is 0.369 e. The summed E-state index contributed by atoms with van der Waals surface area (Å²) in [6.07, 6.45) is 0.724. The maximum atomic E-state index is 13.2. The maximum Gasteiger partial charge on any atom is 0.274 e. The van der Waals surface area contributed by atoms with Crippen LogP contribution in [-0.4, -0.2) is 58.8 Å². The van der Waals surface area contributed by atoms with Gasteiger partial charge in [-0.15, -0.1) is 0 Å². The number of benzene rings is 1. The second-order valence-electron chi connectivity index (χ2n) is 7.82. The number of nitrogens with zero attached hydrogens (tertiary/aromatic N) is 4. The van der Waals surface area contributed by atoms with Crippen LogP contribution in [0.25, 0.3) is 0 Å². The van der Waals surface area contributed by atoms with Crippen molar-refractivity contribution in [2.24, 2.45) is 12.8 Å². The van der Waals surface area contributed by atoms with Crippen LogP contribution in [-0.2, 0) is 18.2 Å². The van der Waals surface area contributed by atoms with Crippen LogP contribution in [0.15, 0.2) is 24.3 Å². The Hall–Kier alpha value is -2.87. The zero-order valence-corrected chi connectivity index (χ0v) is 17.1. The molecule has 154 valence electrons. The Morgan fingerprint density at radius 3 is 2.38 bits per heavy atom. The molecule has 1 saturated heterocycles. The molecule has 8 heteroatoms. The first-order valence-electron chi connectivity index (χ1n) is 10.0. The van der Waals surface area contributed by atoms with Crippen LogP contribution in [0.2, 0.25) is 0 Å². The SMILES string of the molecule is C[C@@H]1Cc2c(C(=O)N3CCN(c4ccc(C(N)=O)cc4)CC3)nn(C)c2[C@H](C)O1. The van der Waals surface area contributed by atoms with Gasteiger partial charge in [0, 0.05) is 56.5 Å². The van der Waals surface area contributed by atoms with Gasteiger partial charge in [-0.3, -0.25) is 14.3 Å². The normalized spacial score (nSPS) is 21.8. The Balaban J connectivity index is 1.46. The number of amides is 2. The number of anilines is 1. The first kappa shape index (κ1) is 19.4. The summed E-state index contributed by atoms with van der Waals surface area (Å²) in [5.41, 5.74) is 9.40. The fraction of sp³-hybridized carbons (Fsp3) is 0.476. The predicted molar refractivity (Wildman–Crippen MR) is 109 cm³/mol. The van der Waals surface area contributed by atoms with Crippen LogP contribution in [0.4, 0.5) is 5.69 Å². The summed E-state index contributed by atoms with van der Waals surface area (Å²) in [6, 6.07) is 7.27. The summed E-state index contributed by atoms with van der Waals surface area (Å²) in [7, 11) is 1.87. The molecule has 1 aromatic heterocycles. The second kappa shape index (κ2) is 7.51. The summed E-state index contributed by atoms with van der Waals surface area (Å²) in [5.74, 6) is -0.438. The van der Waals surface area contributed by atoms with Gasteiger partial charge in [-0.2, -0.15) is 5.10 Å². The van der Waals surface area contributed by atoms with Crippen LogP contribution in [0.1, 0.15) is 52.1 Å². The number of carbonyl (C=O) groups excluding carboxylic acids is 2. The molecule has 0 spiro atoms. The van der Waals surface area contributed by atoms with Gasteiger partial charge >= 0.3 is 0 Å². The standard InChI is InChI=1S/C21H27N5O3/c1-13-12-17-18(23-24(3)19(17)14(2)29-13)21(28)26-10-8-25(9-11-26)16-6-4-15(5-7-16)20(22)27/h4-7,13-14H,8-12H2,1-3H3,(H2,22,27)/t13-,14+/m1/s1. The topological polar surface area (TPSA) is 93.7 Å². The molecule has 0 bridgehead atoms. The highest BCUT2D eigenvalue weighted by molar-refractivity contribution is 5.94. The number of carbonyl (C=O) groups is 2. The number of aryl methyl sites for hydroxylation is 1. The fourth-order valence-corrected chi connectivity index (χ4v) is 4.36. The summed E-state index contributed by atoms with van der Waals surface area (Å²) >= 11 is 0. The van der Waals surface area contributed by atoms with Gasteiger partial charge in [0.1, 0.15) is 0 Å². The highest BCUT2D eigenvalue weighted by atomic mass is 16.5. The van der Waals surface area contributed by atoms with Gasteiger partial charge in [0.2, 0.25) is 5.91 Å². The molecule has 0 aliphatic carbocycles. The summed E-state index contributed by atoms with van der Waals surface area (Å²) in [6.45, 7) is 6.75. The second-order valence-corrected chi connectivity index (χ2v) is 7.82. The van der Waals surface area contributed by atoms with Crippen molar-refractivity contribution in [2.75, 3.05) is 31.1 Å². The highest BCUT2D eigenvalue weighted by Crippen LogP contribution is 2.32. The lowest BCUT2D eigenvalue weighted by Gasteiger charge is -2.36. The lowest BCUT2D eigenvalue weighted by molar-refractivity contribution is -0.00907. The summed E-state index contributed by atoms with van der Waals surface area (Å²) in [5, 5.41) is 4.54. The lowest BCUT2D eigenvalue weighted by atomic mass is 9.99. The van der Waals surface area contributed by atoms with Gasteiger partial charge in [0.25, 0.3) is 5.91 Å². The molecule has 4 rings (SSSR count). The molecule has 2 amide bonds. The van der Waals surface area contributed by atoms with E-state index in [1.54, 1.807) is 16.8 Å². The van der Waals surface area contributed by atoms with E-state index in [-0.39, 0.29) is 18.1 Å². The van der Waals surface area contributed by atoms with Crippen molar-refractivity contribution in [3.63, 3.8) is 0 Å². The molecule has 0 radical (unpaired) electrons. The minimum Gasteiger partial charge on any atom is -0.369 e. The zero-order valence-electron chi connectivity index (χ0n) is 17.1. The third kappa shape index (κ3) is 3.60. The number of nitrogens with two attached hydrogens (primary N) is 1. The minimum atomic E-state index is -0.431. The van der Waals surface area contributed by atoms with Crippen LogP contribution in [0, 0.1) is 0 Å². The minimum absolute atomic E-state index is 0.00752. The van der Waals surface area contributed by atoms with E-state index in [1.165, 1.54) is 0 Å². The molecule has 2 atom stereocenters. The molecular formula is C21H27N5O3. The molecule has 0 saturated carbocycles. The Labute approximate surface area is 170 Å². The van der Waals surface area contributed by atoms with Gasteiger partial charge in [0.05, 0.1) is 17.9 Å². The first-order valence-corrected chi connectivity index (χ1v) is 10.0. The van der Waals surface area contributed by atoms with E-state index in [9.17, 15) is 9.59 Å². The maximum absolute atomic E-state index is 13.2. The van der Waals surface area contributed by atoms with Crippen molar-refractivity contribution < 1.29 is 14.3 Å². The smallest absolute Gasteiger partial charge is 0.274 e. The van der Waals surface area contributed by atoms with E-state index in [1.807, 2.05) is 37.9 Å². The molecule has 3 heterocycles. The molecule has 2 aliphatic rings. The van der Waals surface area contributed by atoms with Crippen LogP contribution >= 0.6 is 0 Å². The molecule has 1 fully saturated rings. The van der Waals surface area contributed by atoms with E-state index < -0.39 is 5.91 Å². The van der Waals surface area contributed by atoms with Gasteiger partial charge in [-0.1, -0.05) is 0 Å². The Bertz CT molecular complexity index is 929. The zero-order chi connectivity index (χ0) is 20.7. The fourth-order valence-electron chi connectivity index (χ4n) is 4.36. The van der Waals surface area contributed by atoms with Crippen molar-refractivity contribution in [2.45, 2.75) is 32.5 Å². The molecule has 2 N–H and O–H groups in total. The van der Waals surface area contributed by atoms with E-state index >= 15 is 0 Å². The molecule has 2 aliphatic heterocycles. The van der Waals surface area contributed by atoms with Crippen molar-refractivity contribution in [3.8, 4) is 0 Å². The van der Waals surface area contributed by atoms with Gasteiger partial charge in [-0.25, -0.2) is 0 Å². The number of aromatic nitrogens is 2. The Morgan fingerprint density at radius 2 is 1.76 bits per heavy atom. The molecule has 8 nitrogen and oxygen atoms in total. The quantitative estimate of drug-likeness (QED) is 0.847. The number of hydrogen-bond donors (Lipinski definition) is 1. The summed E-state index contributed by atoms with van der Waals surface area (Å²) < 4.78 is 7.68. The summed E-state index contributed by atoms with van der Waals surface area (Å²) in [4.78, 5) is 28.5. The van der Waals surface area contributed by atoms with Crippen molar-refractivity contribution in [3.05, 3.63) is 46.8 Å². The van der Waals surface area contributed by atoms with Crippen molar-refractivity contribution >= 4 is 17.5 Å². The highest BCUT2D eigenvalue weighted by Gasteiger charge is 2.33. The van der Waals surface area contributed by atoms with E-state index in [0.717, 1.165) is 30.0 Å². The molecule has 0 unspecified atom stereocenters. The Kier molecular flexibility index (Phi) is 5.04. The number of ether oxygens (including phenoxy) is 1. The Morgan fingerprint density at radius 1 is 1.10 bits per heavy atom. The number of piperazine rings is 1. The number of fused-ring (bicyclic) bond motifs is 1. The number of primary amides is 1. The number of hydrogen-bond acceptors (Lipinski definition) is 5. The third-order valence-electron chi connectivity index (χ3n) is 5.79. The van der Waals surface area contributed by atoms with Crippen LogP contribution in [0.3, 0.4) is 0 Å². The molecular weight excluding hydrogens is 370 g/mol. The van der Waals surface area contributed by atoms with Gasteiger partial charge < -0.3 is 20.3 Å². The van der Waals surface area contributed by atoms with Gasteiger partial charge in [-0.05, 0) is 38.1 Å². The first-order chi connectivity index (χ1) is 13.8. The van der Waals surface area contributed by atoms with Gasteiger partial charge in [0.15, 0.2) is 5.69 Å². The van der Waals surface area contributed by atoms with E-state index in [2.05, 4.69) is 10.00 Å². The monoisotopic (exact) mass is 397 g/mol. The van der Waals surface area contributed by atoms with E-state index in [0.29, 0.717) is 30.8 Å². The molecule has 1 aromatic carbocycles.